The molecule has 1 atom stereocenters. The van der Waals surface area contributed by atoms with Gasteiger partial charge in [0.05, 0.1) is 17.9 Å². The van der Waals surface area contributed by atoms with Gasteiger partial charge in [-0.3, -0.25) is 4.79 Å². The summed E-state index contributed by atoms with van der Waals surface area (Å²) in [5, 5.41) is 12.9. The van der Waals surface area contributed by atoms with Crippen molar-refractivity contribution in [1.82, 2.24) is 14.9 Å². The van der Waals surface area contributed by atoms with Crippen LogP contribution < -0.4 is 5.32 Å². The maximum Gasteiger partial charge on any atom is 0.255 e. The van der Waals surface area contributed by atoms with E-state index in [1.165, 1.54) is 0 Å². The van der Waals surface area contributed by atoms with Gasteiger partial charge in [-0.1, -0.05) is 25.1 Å². The van der Waals surface area contributed by atoms with Crippen LogP contribution in [0.25, 0.3) is 5.69 Å². The number of hydrogen-bond donors (Lipinski definition) is 2. The third-order valence-corrected chi connectivity index (χ3v) is 4.26. The Morgan fingerprint density at radius 2 is 2.00 bits per heavy atom. The quantitative estimate of drug-likeness (QED) is 0.748. The molecule has 1 aromatic heterocycles. The minimum Gasteiger partial charge on any atom is -0.507 e. The summed E-state index contributed by atoms with van der Waals surface area (Å²) in [6.45, 7) is 3.93. The van der Waals surface area contributed by atoms with Gasteiger partial charge in [-0.2, -0.15) is 0 Å². The molecule has 1 unspecified atom stereocenters. The Morgan fingerprint density at radius 3 is 2.64 bits per heavy atom. The number of aromatic nitrogens is 2. The van der Waals surface area contributed by atoms with Gasteiger partial charge in [0.1, 0.15) is 5.75 Å². The van der Waals surface area contributed by atoms with Crippen LogP contribution in [0.2, 0.25) is 0 Å². The second-order valence-corrected chi connectivity index (χ2v) is 5.96. The van der Waals surface area contributed by atoms with E-state index >= 15 is 0 Å². The molecule has 0 spiro atoms. The smallest absolute Gasteiger partial charge is 0.255 e. The zero-order valence-corrected chi connectivity index (χ0v) is 14.3. The molecule has 2 aromatic carbocycles. The molecule has 5 nitrogen and oxygen atoms in total. The second-order valence-electron chi connectivity index (χ2n) is 5.96. The standard InChI is InChI=1S/C20H21N3O2/c1-3-15-4-9-19(24)18(12-15)20(25)22-14(2)16-5-7-17(8-6-16)23-11-10-21-13-23/h4-14,24H,3H2,1-2H3,(H,22,25). The van der Waals surface area contributed by atoms with Crippen molar-refractivity contribution in [3.63, 3.8) is 0 Å². The molecule has 0 fully saturated rings. The molecule has 3 aromatic rings. The zero-order valence-electron chi connectivity index (χ0n) is 14.3. The number of aromatic hydroxyl groups is 1. The minimum absolute atomic E-state index is 0.00245. The highest BCUT2D eigenvalue weighted by Gasteiger charge is 2.15. The lowest BCUT2D eigenvalue weighted by Gasteiger charge is -2.16. The lowest BCUT2D eigenvalue weighted by molar-refractivity contribution is 0.0937. The topological polar surface area (TPSA) is 67.2 Å². The number of benzene rings is 2. The SMILES string of the molecule is CCc1ccc(O)c(C(=O)NC(C)c2ccc(-n3ccnc3)cc2)c1. The number of amides is 1. The normalized spacial score (nSPS) is 11.9. The molecule has 0 aliphatic carbocycles. The van der Waals surface area contributed by atoms with Crippen molar-refractivity contribution in [1.29, 1.82) is 0 Å². The molecule has 128 valence electrons. The third-order valence-electron chi connectivity index (χ3n) is 4.26. The van der Waals surface area contributed by atoms with E-state index in [1.807, 2.05) is 54.9 Å². The number of rotatable bonds is 5. The van der Waals surface area contributed by atoms with E-state index in [-0.39, 0.29) is 17.7 Å². The number of nitrogens with zero attached hydrogens (tertiary/aromatic N) is 2. The van der Waals surface area contributed by atoms with Crippen molar-refractivity contribution in [3.05, 3.63) is 77.9 Å². The van der Waals surface area contributed by atoms with Crippen molar-refractivity contribution in [2.75, 3.05) is 0 Å². The fourth-order valence-electron chi connectivity index (χ4n) is 2.69. The monoisotopic (exact) mass is 335 g/mol. The largest absolute Gasteiger partial charge is 0.507 e. The molecule has 0 bridgehead atoms. The van der Waals surface area contributed by atoms with Gasteiger partial charge in [0.2, 0.25) is 0 Å². The van der Waals surface area contributed by atoms with Gasteiger partial charge < -0.3 is 15.0 Å². The number of nitrogens with one attached hydrogen (secondary N) is 1. The van der Waals surface area contributed by atoms with Gasteiger partial charge in [-0.25, -0.2) is 4.98 Å². The highest BCUT2D eigenvalue weighted by molar-refractivity contribution is 5.97. The van der Waals surface area contributed by atoms with E-state index in [1.54, 1.807) is 24.7 Å². The molecule has 1 amide bonds. The number of imidazole rings is 1. The molecular weight excluding hydrogens is 314 g/mol. The summed E-state index contributed by atoms with van der Waals surface area (Å²) in [7, 11) is 0. The molecule has 0 saturated carbocycles. The van der Waals surface area contributed by atoms with Crippen LogP contribution in [0.15, 0.2) is 61.2 Å². The molecule has 1 heterocycles. The van der Waals surface area contributed by atoms with Gasteiger partial charge in [0.15, 0.2) is 0 Å². The van der Waals surface area contributed by atoms with Crippen LogP contribution in [-0.2, 0) is 6.42 Å². The zero-order chi connectivity index (χ0) is 17.8. The van der Waals surface area contributed by atoms with E-state index in [0.717, 1.165) is 23.2 Å². The first-order valence-electron chi connectivity index (χ1n) is 8.29. The average molecular weight is 335 g/mol. The lowest BCUT2D eigenvalue weighted by atomic mass is 10.0. The predicted octanol–water partition coefficient (Wildman–Crippen LogP) is 3.63. The van der Waals surface area contributed by atoms with E-state index in [9.17, 15) is 9.90 Å². The van der Waals surface area contributed by atoms with E-state index in [4.69, 9.17) is 0 Å². The van der Waals surface area contributed by atoms with Gasteiger partial charge in [-0.05, 0) is 48.7 Å². The first-order chi connectivity index (χ1) is 12.1. The molecule has 0 saturated heterocycles. The Labute approximate surface area is 147 Å². The van der Waals surface area contributed by atoms with Crippen LogP contribution in [0.4, 0.5) is 0 Å². The van der Waals surface area contributed by atoms with Crippen molar-refractivity contribution >= 4 is 5.91 Å². The minimum atomic E-state index is -0.279. The second kappa shape index (κ2) is 7.21. The van der Waals surface area contributed by atoms with Crippen LogP contribution in [0.1, 0.15) is 41.4 Å². The number of carbonyl (C=O) groups excluding carboxylic acids is 1. The Balaban J connectivity index is 1.73. The number of phenolic OH excluding ortho intramolecular Hbond substituents is 1. The van der Waals surface area contributed by atoms with Crippen molar-refractivity contribution in [2.24, 2.45) is 0 Å². The van der Waals surface area contributed by atoms with Crippen LogP contribution in [-0.4, -0.2) is 20.6 Å². The van der Waals surface area contributed by atoms with Gasteiger partial charge in [0, 0.05) is 18.1 Å². The summed E-state index contributed by atoms with van der Waals surface area (Å²) in [6.07, 6.45) is 6.16. The highest BCUT2D eigenvalue weighted by atomic mass is 16.3. The maximum atomic E-state index is 12.5. The first-order valence-corrected chi connectivity index (χ1v) is 8.29. The Morgan fingerprint density at radius 1 is 1.24 bits per heavy atom. The summed E-state index contributed by atoms with van der Waals surface area (Å²) < 4.78 is 1.92. The summed E-state index contributed by atoms with van der Waals surface area (Å²) in [6, 6.07) is 12.9. The van der Waals surface area contributed by atoms with Crippen molar-refractivity contribution < 1.29 is 9.90 Å². The van der Waals surface area contributed by atoms with Gasteiger partial charge in [0.25, 0.3) is 5.91 Å². The Hall–Kier alpha value is -3.08. The van der Waals surface area contributed by atoms with Crippen LogP contribution >= 0.6 is 0 Å². The summed E-state index contributed by atoms with van der Waals surface area (Å²) >= 11 is 0. The Kier molecular flexibility index (Phi) is 4.84. The first kappa shape index (κ1) is 16.8. The Bertz CT molecular complexity index is 855. The summed E-state index contributed by atoms with van der Waals surface area (Å²) in [5.74, 6) is -0.281. The van der Waals surface area contributed by atoms with Gasteiger partial charge in [-0.15, -0.1) is 0 Å². The molecule has 0 aliphatic rings. The maximum absolute atomic E-state index is 12.5. The number of carbonyl (C=O) groups is 1. The molecule has 3 rings (SSSR count). The van der Waals surface area contributed by atoms with Crippen LogP contribution in [0.3, 0.4) is 0 Å². The average Bonchev–Trinajstić information content (AvgIpc) is 3.17. The third kappa shape index (κ3) is 3.71. The highest BCUT2D eigenvalue weighted by Crippen LogP contribution is 2.21. The number of aryl methyl sites for hydroxylation is 1. The summed E-state index contributed by atoms with van der Waals surface area (Å²) in [5.41, 5.74) is 3.32. The summed E-state index contributed by atoms with van der Waals surface area (Å²) in [4.78, 5) is 16.5. The predicted molar refractivity (Wildman–Crippen MR) is 96.9 cm³/mol. The number of hydrogen-bond acceptors (Lipinski definition) is 3. The van der Waals surface area contributed by atoms with Crippen LogP contribution in [0.5, 0.6) is 5.75 Å². The fourth-order valence-corrected chi connectivity index (χ4v) is 2.69. The molecule has 0 aliphatic heterocycles. The lowest BCUT2D eigenvalue weighted by Crippen LogP contribution is -2.26. The van der Waals surface area contributed by atoms with Crippen molar-refractivity contribution in [3.8, 4) is 11.4 Å². The molecule has 2 N–H and O–H groups in total. The van der Waals surface area contributed by atoms with E-state index in [2.05, 4.69) is 10.3 Å². The molecule has 25 heavy (non-hydrogen) atoms. The van der Waals surface area contributed by atoms with E-state index in [0.29, 0.717) is 5.56 Å². The van der Waals surface area contributed by atoms with E-state index < -0.39 is 0 Å². The van der Waals surface area contributed by atoms with Crippen molar-refractivity contribution in [2.45, 2.75) is 26.3 Å². The molecular formula is C20H21N3O2. The number of phenols is 1. The fraction of sp³-hybridized carbons (Fsp3) is 0.200. The molecule has 5 heteroatoms. The van der Waals surface area contributed by atoms with Gasteiger partial charge >= 0.3 is 0 Å². The van der Waals surface area contributed by atoms with Crippen LogP contribution in [0, 0.1) is 0 Å². The molecule has 0 radical (unpaired) electrons.